The van der Waals surface area contributed by atoms with Crippen LogP contribution in [-0.2, 0) is 38.1 Å². The summed E-state index contributed by atoms with van der Waals surface area (Å²) in [5, 5.41) is 9.00. The number of esters is 2. The average molecular weight is 460 g/mol. The van der Waals surface area contributed by atoms with Crippen molar-refractivity contribution in [3.63, 3.8) is 0 Å². The number of fused-ring (bicyclic) bond motifs is 2. The van der Waals surface area contributed by atoms with E-state index in [0.29, 0.717) is 19.4 Å². The molecule has 178 valence electrons. The summed E-state index contributed by atoms with van der Waals surface area (Å²) in [5.41, 5.74) is -0.647. The molecule has 33 heavy (non-hydrogen) atoms. The minimum absolute atomic E-state index is 0.0215. The number of carbonyl (C=O) groups excluding carboxylic acids is 2. The van der Waals surface area contributed by atoms with Crippen molar-refractivity contribution in [3.05, 3.63) is 11.1 Å². The van der Waals surface area contributed by atoms with Gasteiger partial charge in [0, 0.05) is 23.3 Å². The quantitative estimate of drug-likeness (QED) is 0.480. The SMILES string of the molecule is CC(C)[C@]12O[C@H]1[C@@H]1O[C@@]13[C@@]1(C)CCC4=C(COC4=O)[C@@H]1C1C[C@@]3(O1)[C@@H]2OC(=O)CCC(=O)O. The lowest BCUT2D eigenvalue weighted by molar-refractivity contribution is -0.367. The Labute approximate surface area is 190 Å². The predicted octanol–water partition coefficient (Wildman–Crippen LogP) is 1.52. The van der Waals surface area contributed by atoms with Gasteiger partial charge in [-0.2, -0.15) is 0 Å². The Bertz CT molecular complexity index is 1040. The Kier molecular flexibility index (Phi) is 3.59. The van der Waals surface area contributed by atoms with Gasteiger partial charge in [0.15, 0.2) is 6.10 Å². The van der Waals surface area contributed by atoms with Crippen LogP contribution in [0.2, 0.25) is 0 Å². The fourth-order valence-corrected chi connectivity index (χ4v) is 8.45. The lowest BCUT2D eigenvalue weighted by atomic mass is 9.42. The fourth-order valence-electron chi connectivity index (χ4n) is 8.45. The highest BCUT2D eigenvalue weighted by atomic mass is 16.7. The molecule has 5 aliphatic heterocycles. The molecule has 3 aliphatic carbocycles. The molecule has 9 heteroatoms. The molecule has 0 radical (unpaired) electrons. The third-order valence-electron chi connectivity index (χ3n) is 9.84. The number of aliphatic carboxylic acids is 1. The van der Waals surface area contributed by atoms with Gasteiger partial charge in [-0.05, 0) is 24.3 Å². The first-order valence-corrected chi connectivity index (χ1v) is 12.0. The van der Waals surface area contributed by atoms with Crippen molar-refractivity contribution < 1.29 is 43.2 Å². The molecule has 2 saturated carbocycles. The molecular weight excluding hydrogens is 432 g/mol. The maximum atomic E-state index is 12.7. The van der Waals surface area contributed by atoms with Crippen LogP contribution in [0.4, 0.5) is 0 Å². The van der Waals surface area contributed by atoms with Crippen molar-refractivity contribution in [3.8, 4) is 0 Å². The van der Waals surface area contributed by atoms with Crippen LogP contribution in [-0.4, -0.2) is 70.8 Å². The number of epoxide rings is 2. The van der Waals surface area contributed by atoms with E-state index in [0.717, 1.165) is 17.6 Å². The summed E-state index contributed by atoms with van der Waals surface area (Å²) in [4.78, 5) is 36.0. The molecule has 8 aliphatic rings. The maximum absolute atomic E-state index is 12.7. The zero-order valence-corrected chi connectivity index (χ0v) is 18.9. The average Bonchev–Trinajstić information content (AvgIpc) is 3.60. The minimum atomic E-state index is -1.04. The lowest BCUT2D eigenvalue weighted by Crippen LogP contribution is -2.84. The van der Waals surface area contributed by atoms with Gasteiger partial charge >= 0.3 is 17.9 Å². The Morgan fingerprint density at radius 2 is 1.94 bits per heavy atom. The van der Waals surface area contributed by atoms with E-state index in [4.69, 9.17) is 28.8 Å². The molecule has 1 N–H and O–H groups in total. The molecule has 0 aromatic rings. The van der Waals surface area contributed by atoms with E-state index in [1.165, 1.54) is 0 Å². The number of hydrogen-bond donors (Lipinski definition) is 1. The van der Waals surface area contributed by atoms with Crippen LogP contribution in [0.1, 0.15) is 52.9 Å². The Balaban J connectivity index is 1.30. The van der Waals surface area contributed by atoms with Gasteiger partial charge < -0.3 is 28.8 Å². The lowest BCUT2D eigenvalue weighted by Gasteiger charge is -2.70. The summed E-state index contributed by atoms with van der Waals surface area (Å²) in [6.07, 6.45) is 0.462. The molecule has 2 bridgehead atoms. The number of hydrogen-bond acceptors (Lipinski definition) is 8. The van der Waals surface area contributed by atoms with Crippen molar-refractivity contribution in [2.24, 2.45) is 17.3 Å². The first-order chi connectivity index (χ1) is 15.6. The van der Waals surface area contributed by atoms with Crippen LogP contribution in [0.5, 0.6) is 0 Å². The fraction of sp³-hybridized carbons (Fsp3) is 0.792. The van der Waals surface area contributed by atoms with Gasteiger partial charge in [-0.1, -0.05) is 20.8 Å². The van der Waals surface area contributed by atoms with Crippen LogP contribution in [0, 0.1) is 17.3 Å². The molecule has 4 saturated heterocycles. The van der Waals surface area contributed by atoms with Gasteiger partial charge in [0.25, 0.3) is 0 Å². The first kappa shape index (κ1) is 20.4. The third-order valence-corrected chi connectivity index (χ3v) is 9.84. The summed E-state index contributed by atoms with van der Waals surface area (Å²) in [6, 6.07) is 0. The van der Waals surface area contributed by atoms with E-state index >= 15 is 0 Å². The molecule has 0 amide bonds. The maximum Gasteiger partial charge on any atom is 0.334 e. The van der Waals surface area contributed by atoms with Crippen molar-refractivity contribution in [2.45, 2.75) is 94.1 Å². The van der Waals surface area contributed by atoms with Gasteiger partial charge in [0.2, 0.25) is 0 Å². The van der Waals surface area contributed by atoms with Crippen LogP contribution in [0.3, 0.4) is 0 Å². The van der Waals surface area contributed by atoms with Gasteiger partial charge in [0.1, 0.15) is 35.6 Å². The summed E-state index contributed by atoms with van der Waals surface area (Å²) in [6.45, 7) is 6.63. The highest BCUT2D eigenvalue weighted by molar-refractivity contribution is 5.92. The smallest absolute Gasteiger partial charge is 0.334 e. The second kappa shape index (κ2) is 5.80. The number of carbonyl (C=O) groups is 3. The van der Waals surface area contributed by atoms with Crippen LogP contribution in [0.15, 0.2) is 11.1 Å². The number of carboxylic acids is 1. The van der Waals surface area contributed by atoms with E-state index in [9.17, 15) is 14.4 Å². The van der Waals surface area contributed by atoms with Gasteiger partial charge in [-0.25, -0.2) is 4.79 Å². The van der Waals surface area contributed by atoms with Crippen molar-refractivity contribution in [1.29, 1.82) is 0 Å². The highest BCUT2D eigenvalue weighted by Crippen LogP contribution is 2.82. The van der Waals surface area contributed by atoms with Crippen molar-refractivity contribution in [2.75, 3.05) is 6.61 Å². The molecule has 2 spiro atoms. The van der Waals surface area contributed by atoms with E-state index in [1.807, 2.05) is 13.8 Å². The third kappa shape index (κ3) is 2.02. The van der Waals surface area contributed by atoms with E-state index in [-0.39, 0.29) is 54.4 Å². The molecule has 1 unspecified atom stereocenters. The monoisotopic (exact) mass is 460 g/mol. The van der Waals surface area contributed by atoms with E-state index in [1.54, 1.807) is 0 Å². The van der Waals surface area contributed by atoms with E-state index in [2.05, 4.69) is 6.92 Å². The van der Waals surface area contributed by atoms with Gasteiger partial charge in [-0.15, -0.1) is 0 Å². The number of ether oxygens (including phenoxy) is 5. The normalized spacial score (nSPS) is 51.9. The summed E-state index contributed by atoms with van der Waals surface area (Å²) in [7, 11) is 0. The summed E-state index contributed by atoms with van der Waals surface area (Å²) < 4.78 is 31.1. The van der Waals surface area contributed by atoms with Gasteiger partial charge in [-0.3, -0.25) is 9.59 Å². The topological polar surface area (TPSA) is 124 Å². The second-order valence-corrected chi connectivity index (χ2v) is 11.3. The van der Waals surface area contributed by atoms with Crippen molar-refractivity contribution >= 4 is 17.9 Å². The number of carboxylic acid groups (broad SMARTS) is 1. The summed E-state index contributed by atoms with van der Waals surface area (Å²) in [5.74, 6) is -1.72. The Hall–Kier alpha value is -1.97. The molecule has 0 aromatic heterocycles. The Morgan fingerprint density at radius 1 is 1.18 bits per heavy atom. The molecule has 9 atom stereocenters. The van der Waals surface area contributed by atoms with E-state index < -0.39 is 34.8 Å². The molecular formula is C24H28O9. The largest absolute Gasteiger partial charge is 0.481 e. The van der Waals surface area contributed by atoms with Crippen molar-refractivity contribution in [1.82, 2.24) is 0 Å². The van der Waals surface area contributed by atoms with Crippen LogP contribution < -0.4 is 0 Å². The second-order valence-electron chi connectivity index (χ2n) is 11.3. The summed E-state index contributed by atoms with van der Waals surface area (Å²) >= 11 is 0. The minimum Gasteiger partial charge on any atom is -0.481 e. The molecule has 5 heterocycles. The molecule has 6 fully saturated rings. The number of rotatable bonds is 5. The molecule has 8 rings (SSSR count). The standard InChI is InChI=1S/C24H28O9/c1-10(2)23-17(32-23)18-24(33-18)21(3)7-6-11-12(9-29-19(11)28)16(21)13-8-22(24,31-13)20(23)30-15(27)5-4-14(25)26/h10,13,16-18,20H,4-9H2,1-3H3,(H,25,26)/t13?,16-,17+,18+,20+,21+,22-,23+,24-/m1/s1. The number of cyclic esters (lactones) is 1. The molecule has 0 aromatic carbocycles. The van der Waals surface area contributed by atoms with Gasteiger partial charge in [0.05, 0.1) is 18.9 Å². The predicted molar refractivity (Wildman–Crippen MR) is 108 cm³/mol. The molecule has 9 nitrogen and oxygen atoms in total. The Morgan fingerprint density at radius 3 is 2.64 bits per heavy atom. The highest BCUT2D eigenvalue weighted by Gasteiger charge is 2.98. The zero-order valence-electron chi connectivity index (χ0n) is 18.9. The first-order valence-electron chi connectivity index (χ1n) is 12.0. The zero-order chi connectivity index (χ0) is 23.1. The van der Waals surface area contributed by atoms with Crippen LogP contribution >= 0.6 is 0 Å². The van der Waals surface area contributed by atoms with Crippen LogP contribution in [0.25, 0.3) is 0 Å².